The van der Waals surface area contributed by atoms with Gasteiger partial charge in [0.15, 0.2) is 0 Å². The summed E-state index contributed by atoms with van der Waals surface area (Å²) < 4.78 is 28.4. The van der Waals surface area contributed by atoms with Crippen molar-refractivity contribution in [1.82, 2.24) is 10.6 Å². The van der Waals surface area contributed by atoms with Gasteiger partial charge in [-0.05, 0) is 79.4 Å². The fraction of sp³-hybridized carbons (Fsp3) is 0.214. The molecule has 4 amide bonds. The molecule has 0 aromatic heterocycles. The molecule has 38 heavy (non-hydrogen) atoms. The van der Waals surface area contributed by atoms with E-state index < -0.39 is 34.8 Å². The second-order valence-electron chi connectivity index (χ2n) is 9.25. The number of benzene rings is 3. The summed E-state index contributed by atoms with van der Waals surface area (Å²) in [6.45, 7) is 2.32. The molecule has 1 fully saturated rings. The Balaban J connectivity index is 1.35. The Bertz CT molecular complexity index is 1480. The normalized spacial score (nSPS) is 14.8. The third-order valence-electron chi connectivity index (χ3n) is 6.79. The van der Waals surface area contributed by atoms with Crippen molar-refractivity contribution in [2.75, 3.05) is 17.2 Å². The van der Waals surface area contributed by atoms with Crippen LogP contribution in [0.5, 0.6) is 0 Å². The van der Waals surface area contributed by atoms with Crippen molar-refractivity contribution in [3.05, 3.63) is 82.9 Å². The van der Waals surface area contributed by atoms with Gasteiger partial charge in [0.25, 0.3) is 11.8 Å². The van der Waals surface area contributed by atoms with E-state index in [1.54, 1.807) is 13.0 Å². The van der Waals surface area contributed by atoms with E-state index in [9.17, 15) is 23.6 Å². The Morgan fingerprint density at radius 3 is 2.16 bits per heavy atom. The van der Waals surface area contributed by atoms with Crippen LogP contribution in [0.2, 0.25) is 0 Å². The van der Waals surface area contributed by atoms with Crippen molar-refractivity contribution < 1.29 is 28.0 Å². The summed E-state index contributed by atoms with van der Waals surface area (Å²) in [7, 11) is 0. The van der Waals surface area contributed by atoms with Crippen molar-refractivity contribution in [3.8, 4) is 11.1 Å². The maximum Gasteiger partial charge on any atom is 0.252 e. The van der Waals surface area contributed by atoms with Crippen LogP contribution in [-0.4, -0.2) is 30.2 Å². The molecular formula is C28H24F2N4O4. The van der Waals surface area contributed by atoms with Gasteiger partial charge in [0, 0.05) is 30.0 Å². The monoisotopic (exact) mass is 518 g/mol. The van der Waals surface area contributed by atoms with Gasteiger partial charge in [0.2, 0.25) is 11.8 Å². The first-order valence-electron chi connectivity index (χ1n) is 12.1. The highest BCUT2D eigenvalue weighted by atomic mass is 19.1. The van der Waals surface area contributed by atoms with Gasteiger partial charge in [0.05, 0.1) is 11.1 Å². The molecule has 1 aliphatic carbocycles. The van der Waals surface area contributed by atoms with Crippen LogP contribution in [-0.2, 0) is 16.1 Å². The molecule has 1 heterocycles. The molecule has 1 saturated carbocycles. The van der Waals surface area contributed by atoms with Crippen LogP contribution in [0, 0.1) is 17.0 Å². The van der Waals surface area contributed by atoms with Crippen LogP contribution >= 0.6 is 0 Å². The number of amides is 4. The van der Waals surface area contributed by atoms with Crippen molar-refractivity contribution in [1.29, 1.82) is 0 Å². The van der Waals surface area contributed by atoms with E-state index in [0.29, 0.717) is 36.2 Å². The van der Waals surface area contributed by atoms with Crippen LogP contribution in [0.3, 0.4) is 0 Å². The van der Waals surface area contributed by atoms with E-state index in [0.717, 1.165) is 6.07 Å². The first kappa shape index (κ1) is 25.1. The number of halogens is 2. The van der Waals surface area contributed by atoms with Crippen molar-refractivity contribution >= 4 is 35.0 Å². The molecule has 10 heteroatoms. The van der Waals surface area contributed by atoms with Crippen LogP contribution in [0.4, 0.5) is 20.2 Å². The van der Waals surface area contributed by atoms with E-state index in [1.165, 1.54) is 42.5 Å². The molecular weight excluding hydrogens is 494 g/mol. The second kappa shape index (κ2) is 9.70. The molecule has 194 valence electrons. The number of hydrogen-bond donors (Lipinski definition) is 4. The summed E-state index contributed by atoms with van der Waals surface area (Å²) in [6.07, 6.45) is 0.662. The lowest BCUT2D eigenvalue weighted by Crippen LogP contribution is -2.35. The molecule has 2 aliphatic rings. The molecule has 8 nitrogen and oxygen atoms in total. The largest absolute Gasteiger partial charge is 0.352 e. The number of fused-ring (bicyclic) bond motifs is 1. The summed E-state index contributed by atoms with van der Waals surface area (Å²) in [6, 6.07) is 12.4. The Hall–Kier alpha value is -4.60. The molecule has 5 rings (SSSR count). The van der Waals surface area contributed by atoms with Gasteiger partial charge in [-0.15, -0.1) is 0 Å². The van der Waals surface area contributed by atoms with E-state index in [4.69, 9.17) is 0 Å². The average molecular weight is 519 g/mol. The van der Waals surface area contributed by atoms with Crippen LogP contribution in [0.15, 0.2) is 54.6 Å². The van der Waals surface area contributed by atoms with Crippen molar-refractivity contribution in [3.63, 3.8) is 0 Å². The third-order valence-corrected chi connectivity index (χ3v) is 6.79. The van der Waals surface area contributed by atoms with Gasteiger partial charge in [-0.25, -0.2) is 8.78 Å². The molecule has 0 atom stereocenters. The quantitative estimate of drug-likeness (QED) is 0.354. The standard InChI is InChI=1S/C28H24F2N4O4/c1-2-31-24(35)20-10-9-18(21-14-32-25(36)23(20)21)19-8-7-17(13-22(19)30)34-27(38)28(11-12-28)26(37)33-16-5-3-15(29)4-6-16/h3-10,13H,2,11-12,14H2,1H3,(H,31,35)(H,32,36)(H,33,37)(H,34,38). The zero-order valence-corrected chi connectivity index (χ0v) is 20.4. The molecule has 0 radical (unpaired) electrons. The highest BCUT2D eigenvalue weighted by Crippen LogP contribution is 2.47. The predicted molar refractivity (Wildman–Crippen MR) is 136 cm³/mol. The van der Waals surface area contributed by atoms with E-state index in [2.05, 4.69) is 21.3 Å². The highest BCUT2D eigenvalue weighted by molar-refractivity contribution is 6.17. The molecule has 0 spiro atoms. The fourth-order valence-electron chi connectivity index (χ4n) is 4.57. The van der Waals surface area contributed by atoms with E-state index in [-0.39, 0.29) is 34.8 Å². The van der Waals surface area contributed by atoms with Crippen molar-refractivity contribution in [2.45, 2.75) is 26.3 Å². The van der Waals surface area contributed by atoms with Gasteiger partial charge in [0.1, 0.15) is 17.0 Å². The SMILES string of the molecule is CCNC(=O)c1ccc(-c2ccc(NC(=O)C3(C(=O)Nc4ccc(F)cc4)CC3)cc2F)c2c1C(=O)NC2. The predicted octanol–water partition coefficient (Wildman–Crippen LogP) is 3.98. The number of carbonyl (C=O) groups is 4. The van der Waals surface area contributed by atoms with Crippen LogP contribution in [0.1, 0.15) is 46.0 Å². The Kier molecular flexibility index (Phi) is 6.40. The minimum absolute atomic E-state index is 0.153. The number of carbonyl (C=O) groups excluding carboxylic acids is 4. The smallest absolute Gasteiger partial charge is 0.252 e. The van der Waals surface area contributed by atoms with Crippen molar-refractivity contribution in [2.24, 2.45) is 5.41 Å². The zero-order valence-electron chi connectivity index (χ0n) is 20.4. The Morgan fingerprint density at radius 2 is 1.53 bits per heavy atom. The molecule has 4 N–H and O–H groups in total. The lowest BCUT2D eigenvalue weighted by atomic mass is 9.92. The molecule has 1 aliphatic heterocycles. The third kappa shape index (κ3) is 4.49. The summed E-state index contributed by atoms with van der Waals surface area (Å²) >= 11 is 0. The maximum absolute atomic E-state index is 15.3. The lowest BCUT2D eigenvalue weighted by Gasteiger charge is -2.16. The topological polar surface area (TPSA) is 116 Å². The summed E-state index contributed by atoms with van der Waals surface area (Å²) in [5.74, 6) is -2.96. The zero-order chi connectivity index (χ0) is 27.0. The van der Waals surface area contributed by atoms with Crippen LogP contribution in [0.25, 0.3) is 11.1 Å². The molecule has 3 aromatic carbocycles. The lowest BCUT2D eigenvalue weighted by molar-refractivity contribution is -0.131. The van der Waals surface area contributed by atoms with Gasteiger partial charge >= 0.3 is 0 Å². The Labute approximate surface area is 216 Å². The first-order chi connectivity index (χ1) is 18.2. The minimum atomic E-state index is -1.29. The van der Waals surface area contributed by atoms with Gasteiger partial charge in [-0.3, -0.25) is 19.2 Å². The molecule has 3 aromatic rings. The molecule has 0 saturated heterocycles. The van der Waals surface area contributed by atoms with Gasteiger partial charge < -0.3 is 21.3 Å². The van der Waals surface area contributed by atoms with Gasteiger partial charge in [-0.2, -0.15) is 0 Å². The average Bonchev–Trinajstić information content (AvgIpc) is 3.63. The fourth-order valence-corrected chi connectivity index (χ4v) is 4.57. The molecule has 0 unspecified atom stereocenters. The number of anilines is 2. The summed E-state index contributed by atoms with van der Waals surface area (Å²) in [4.78, 5) is 50.6. The van der Waals surface area contributed by atoms with Crippen LogP contribution < -0.4 is 21.3 Å². The van der Waals surface area contributed by atoms with Gasteiger partial charge in [-0.1, -0.05) is 6.07 Å². The maximum atomic E-state index is 15.3. The highest BCUT2D eigenvalue weighted by Gasteiger charge is 2.56. The first-order valence-corrected chi connectivity index (χ1v) is 12.1. The van der Waals surface area contributed by atoms with E-state index in [1.807, 2.05) is 0 Å². The summed E-state index contributed by atoms with van der Waals surface area (Å²) in [5.41, 5.74) is 0.861. The molecule has 0 bridgehead atoms. The minimum Gasteiger partial charge on any atom is -0.352 e. The number of nitrogens with one attached hydrogen (secondary N) is 4. The number of rotatable bonds is 7. The van der Waals surface area contributed by atoms with E-state index >= 15 is 4.39 Å². The second-order valence-corrected chi connectivity index (χ2v) is 9.25. The number of hydrogen-bond acceptors (Lipinski definition) is 4. The Morgan fingerprint density at radius 1 is 0.895 bits per heavy atom. The summed E-state index contributed by atoms with van der Waals surface area (Å²) in [5, 5.41) is 10.6.